The summed E-state index contributed by atoms with van der Waals surface area (Å²) in [6.07, 6.45) is 6.70. The molecule has 154 valence electrons. The molecular weight excluding hydrogens is 366 g/mol. The fraction of sp³-hybridized carbons (Fsp3) is 0.304. The van der Waals surface area contributed by atoms with E-state index in [1.165, 1.54) is 6.08 Å². The first-order valence-electron chi connectivity index (χ1n) is 9.68. The van der Waals surface area contributed by atoms with Crippen molar-refractivity contribution in [1.29, 1.82) is 0 Å². The number of pyridine rings is 1. The summed E-state index contributed by atoms with van der Waals surface area (Å²) in [5.41, 5.74) is 1.79. The molecule has 2 rings (SSSR count). The highest BCUT2D eigenvalue weighted by molar-refractivity contribution is 5.91. The molecule has 1 aromatic heterocycles. The number of ether oxygens (including phenoxy) is 2. The predicted molar refractivity (Wildman–Crippen MR) is 117 cm³/mol. The van der Waals surface area contributed by atoms with Gasteiger partial charge in [0.15, 0.2) is 11.5 Å². The molecule has 1 amide bonds. The molecule has 0 bridgehead atoms. The Hall–Kier alpha value is -3.28. The smallest absolute Gasteiger partial charge is 0.244 e. The van der Waals surface area contributed by atoms with Gasteiger partial charge < -0.3 is 19.7 Å². The lowest BCUT2D eigenvalue weighted by molar-refractivity contribution is -0.116. The zero-order valence-electron chi connectivity index (χ0n) is 17.4. The highest BCUT2D eigenvalue weighted by Gasteiger charge is 2.05. The molecule has 1 aromatic carbocycles. The van der Waals surface area contributed by atoms with Gasteiger partial charge in [-0.05, 0) is 49.2 Å². The van der Waals surface area contributed by atoms with Crippen LogP contribution >= 0.6 is 0 Å². The van der Waals surface area contributed by atoms with Crippen LogP contribution < -0.4 is 19.7 Å². The number of carbonyl (C=O) groups is 1. The second-order valence-electron chi connectivity index (χ2n) is 6.26. The van der Waals surface area contributed by atoms with Gasteiger partial charge >= 0.3 is 0 Å². The summed E-state index contributed by atoms with van der Waals surface area (Å²) in [4.78, 5) is 18.8. The molecular formula is C23H29N3O3. The van der Waals surface area contributed by atoms with Crippen LogP contribution in [0.5, 0.6) is 11.5 Å². The number of rotatable bonds is 11. The number of nitrogens with zero attached hydrogens (tertiary/aromatic N) is 2. The molecule has 0 aliphatic heterocycles. The third-order valence-corrected chi connectivity index (χ3v) is 4.33. The summed E-state index contributed by atoms with van der Waals surface area (Å²) in [5.74, 6) is 2.01. The predicted octanol–water partition coefficient (Wildman–Crippen LogP) is 3.83. The Balaban J connectivity index is 1.91. The van der Waals surface area contributed by atoms with E-state index in [1.807, 2.05) is 30.3 Å². The Morgan fingerprint density at radius 3 is 2.62 bits per heavy atom. The van der Waals surface area contributed by atoms with E-state index in [4.69, 9.17) is 9.47 Å². The highest BCUT2D eigenvalue weighted by Crippen LogP contribution is 2.28. The maximum absolute atomic E-state index is 12.1. The van der Waals surface area contributed by atoms with Crippen LogP contribution in [0.4, 0.5) is 5.82 Å². The van der Waals surface area contributed by atoms with Gasteiger partial charge in [-0.15, -0.1) is 0 Å². The van der Waals surface area contributed by atoms with E-state index in [1.54, 1.807) is 25.5 Å². The molecule has 0 aliphatic rings. The maximum atomic E-state index is 12.1. The Labute approximate surface area is 172 Å². The molecule has 0 saturated carbocycles. The maximum Gasteiger partial charge on any atom is 0.244 e. The normalized spacial score (nSPS) is 10.6. The Morgan fingerprint density at radius 1 is 1.21 bits per heavy atom. The molecule has 0 saturated heterocycles. The number of hydrogen-bond acceptors (Lipinski definition) is 5. The van der Waals surface area contributed by atoms with Crippen molar-refractivity contribution in [2.75, 3.05) is 31.7 Å². The van der Waals surface area contributed by atoms with Crippen LogP contribution in [0.25, 0.3) is 6.08 Å². The number of nitrogens with one attached hydrogen (secondary N) is 1. The average molecular weight is 396 g/mol. The summed E-state index contributed by atoms with van der Waals surface area (Å²) in [6.45, 7) is 10.5. The number of methoxy groups -OCH3 is 1. The molecule has 2 aromatic rings. The van der Waals surface area contributed by atoms with Crippen LogP contribution in [0.3, 0.4) is 0 Å². The Morgan fingerprint density at radius 2 is 2.00 bits per heavy atom. The molecule has 0 fully saturated rings. The van der Waals surface area contributed by atoms with Crippen molar-refractivity contribution in [3.05, 3.63) is 66.4 Å². The molecule has 0 unspecified atom stereocenters. The van der Waals surface area contributed by atoms with E-state index in [2.05, 4.69) is 35.6 Å². The topological polar surface area (TPSA) is 63.7 Å². The van der Waals surface area contributed by atoms with Gasteiger partial charge in [0.05, 0.1) is 7.11 Å². The second-order valence-corrected chi connectivity index (χ2v) is 6.26. The van der Waals surface area contributed by atoms with Gasteiger partial charge in [0, 0.05) is 31.9 Å². The SMILES string of the molecule is C=CCOc1ccc(C=CC(=O)NCc2ccc(N(CC)CC)nc2)cc1OC. The molecule has 6 heteroatoms. The first kappa shape index (κ1) is 22.0. The summed E-state index contributed by atoms with van der Waals surface area (Å²) in [5, 5.41) is 2.87. The molecule has 29 heavy (non-hydrogen) atoms. The van der Waals surface area contributed by atoms with Crippen LogP contribution in [0.1, 0.15) is 25.0 Å². The standard InChI is InChI=1S/C23H29N3O3/c1-5-14-29-20-11-8-18(15-21(20)28-4)10-13-23(27)25-17-19-9-12-22(24-16-19)26(6-2)7-3/h5,8-13,15-16H,1,6-7,14,17H2,2-4H3,(H,25,27). The number of hydrogen-bond donors (Lipinski definition) is 1. The molecule has 0 atom stereocenters. The zero-order valence-corrected chi connectivity index (χ0v) is 17.4. The van der Waals surface area contributed by atoms with Crippen molar-refractivity contribution < 1.29 is 14.3 Å². The van der Waals surface area contributed by atoms with Crippen molar-refractivity contribution in [2.45, 2.75) is 20.4 Å². The summed E-state index contributed by atoms with van der Waals surface area (Å²) < 4.78 is 10.9. The minimum atomic E-state index is -0.177. The first-order chi connectivity index (χ1) is 14.1. The lowest BCUT2D eigenvalue weighted by Gasteiger charge is -2.19. The number of carbonyl (C=O) groups excluding carboxylic acids is 1. The van der Waals surface area contributed by atoms with Crippen LogP contribution in [-0.4, -0.2) is 37.7 Å². The average Bonchev–Trinajstić information content (AvgIpc) is 2.76. The van der Waals surface area contributed by atoms with E-state index in [0.29, 0.717) is 24.7 Å². The number of aromatic nitrogens is 1. The molecule has 0 radical (unpaired) electrons. The fourth-order valence-corrected chi connectivity index (χ4v) is 2.73. The highest BCUT2D eigenvalue weighted by atomic mass is 16.5. The molecule has 0 spiro atoms. The molecule has 1 N–H and O–H groups in total. The van der Waals surface area contributed by atoms with E-state index in [0.717, 1.165) is 30.0 Å². The van der Waals surface area contributed by atoms with E-state index in [-0.39, 0.29) is 5.91 Å². The van der Waals surface area contributed by atoms with Gasteiger partial charge in [-0.25, -0.2) is 4.98 Å². The van der Waals surface area contributed by atoms with Crippen LogP contribution in [0, 0.1) is 0 Å². The third kappa shape index (κ3) is 6.68. The van der Waals surface area contributed by atoms with Crippen molar-refractivity contribution in [3.8, 4) is 11.5 Å². The number of anilines is 1. The van der Waals surface area contributed by atoms with Crippen molar-refractivity contribution >= 4 is 17.8 Å². The van der Waals surface area contributed by atoms with Gasteiger partial charge in [-0.3, -0.25) is 4.79 Å². The monoisotopic (exact) mass is 395 g/mol. The first-order valence-corrected chi connectivity index (χ1v) is 9.68. The van der Waals surface area contributed by atoms with E-state index >= 15 is 0 Å². The lowest BCUT2D eigenvalue weighted by Crippen LogP contribution is -2.23. The van der Waals surface area contributed by atoms with Crippen molar-refractivity contribution in [1.82, 2.24) is 10.3 Å². The number of amides is 1. The van der Waals surface area contributed by atoms with Gasteiger partial charge in [0.2, 0.25) is 5.91 Å². The van der Waals surface area contributed by atoms with Gasteiger partial charge in [0.25, 0.3) is 0 Å². The molecule has 1 heterocycles. The summed E-state index contributed by atoms with van der Waals surface area (Å²) in [6, 6.07) is 9.45. The Bertz CT molecular complexity index is 828. The van der Waals surface area contributed by atoms with Gasteiger partial charge in [0.1, 0.15) is 12.4 Å². The minimum absolute atomic E-state index is 0.177. The zero-order chi connectivity index (χ0) is 21.1. The minimum Gasteiger partial charge on any atom is -0.493 e. The summed E-state index contributed by atoms with van der Waals surface area (Å²) in [7, 11) is 1.58. The summed E-state index contributed by atoms with van der Waals surface area (Å²) >= 11 is 0. The van der Waals surface area contributed by atoms with E-state index < -0.39 is 0 Å². The van der Waals surface area contributed by atoms with Crippen LogP contribution in [-0.2, 0) is 11.3 Å². The Kier molecular flexibility index (Phi) is 8.76. The lowest BCUT2D eigenvalue weighted by atomic mass is 10.2. The van der Waals surface area contributed by atoms with E-state index in [9.17, 15) is 4.79 Å². The molecule has 0 aliphatic carbocycles. The van der Waals surface area contributed by atoms with Crippen molar-refractivity contribution in [3.63, 3.8) is 0 Å². The van der Waals surface area contributed by atoms with Crippen LogP contribution in [0.2, 0.25) is 0 Å². The fourth-order valence-electron chi connectivity index (χ4n) is 2.73. The number of benzene rings is 1. The van der Waals surface area contributed by atoms with Gasteiger partial charge in [-0.1, -0.05) is 24.8 Å². The largest absolute Gasteiger partial charge is 0.493 e. The quantitative estimate of drug-likeness (QED) is 0.463. The van der Waals surface area contributed by atoms with Crippen molar-refractivity contribution in [2.24, 2.45) is 0 Å². The third-order valence-electron chi connectivity index (χ3n) is 4.33. The second kappa shape index (κ2) is 11.5. The van der Waals surface area contributed by atoms with Gasteiger partial charge in [-0.2, -0.15) is 0 Å². The van der Waals surface area contributed by atoms with Crippen LogP contribution in [0.15, 0.2) is 55.3 Å². The molecule has 6 nitrogen and oxygen atoms in total.